The molecule has 0 saturated carbocycles. The third kappa shape index (κ3) is 4.75. The van der Waals surface area contributed by atoms with Crippen LogP contribution in [0.15, 0.2) is 54.6 Å². The first-order valence-electron chi connectivity index (χ1n) is 10.2. The normalized spacial score (nSPS) is 18.4. The van der Waals surface area contributed by atoms with Crippen molar-refractivity contribution in [2.45, 2.75) is 39.5 Å². The van der Waals surface area contributed by atoms with E-state index in [0.29, 0.717) is 23.6 Å². The van der Waals surface area contributed by atoms with E-state index in [1.54, 1.807) is 10.7 Å². The lowest BCUT2D eigenvalue weighted by Crippen LogP contribution is -2.52. The molecule has 8 nitrogen and oxygen atoms in total. The Morgan fingerprint density at radius 3 is 2.55 bits per heavy atom. The van der Waals surface area contributed by atoms with E-state index in [4.69, 9.17) is 0 Å². The van der Waals surface area contributed by atoms with Crippen LogP contribution in [0.5, 0.6) is 0 Å². The maximum atomic E-state index is 12.7. The molecule has 2 unspecified atom stereocenters. The average Bonchev–Trinajstić information content (AvgIpc) is 3.14. The topological polar surface area (TPSA) is 100 Å². The Morgan fingerprint density at radius 1 is 1.06 bits per heavy atom. The first-order valence-corrected chi connectivity index (χ1v) is 10.2. The number of anilines is 2. The van der Waals surface area contributed by atoms with Gasteiger partial charge in [0.25, 0.3) is 0 Å². The predicted octanol–water partition coefficient (Wildman–Crippen LogP) is 3.77. The Morgan fingerprint density at radius 2 is 1.84 bits per heavy atom. The van der Waals surface area contributed by atoms with Crippen molar-refractivity contribution in [1.82, 2.24) is 20.4 Å². The SMILES string of the molecule is Cc1ccc(NC(=O)Nc2cc(-c3ccccc3)nn2C2NC(=O)CC(C)N2)cc1C. The number of rotatable bonds is 4. The van der Waals surface area contributed by atoms with Gasteiger partial charge in [-0.2, -0.15) is 5.10 Å². The van der Waals surface area contributed by atoms with Gasteiger partial charge < -0.3 is 10.6 Å². The summed E-state index contributed by atoms with van der Waals surface area (Å²) in [6, 6.07) is 16.8. The van der Waals surface area contributed by atoms with Crippen LogP contribution in [0.2, 0.25) is 0 Å². The van der Waals surface area contributed by atoms with Crippen molar-refractivity contribution in [3.05, 3.63) is 65.7 Å². The molecule has 1 aliphatic heterocycles. The Hall–Kier alpha value is -3.65. The van der Waals surface area contributed by atoms with Gasteiger partial charge in [0.05, 0.1) is 5.69 Å². The summed E-state index contributed by atoms with van der Waals surface area (Å²) in [6.07, 6.45) is -0.176. The molecule has 2 aromatic carbocycles. The highest BCUT2D eigenvalue weighted by molar-refractivity contribution is 5.99. The monoisotopic (exact) mass is 418 g/mol. The van der Waals surface area contributed by atoms with E-state index in [9.17, 15) is 9.59 Å². The Bertz CT molecular complexity index is 1110. The first kappa shape index (κ1) is 20.6. The van der Waals surface area contributed by atoms with Crippen molar-refractivity contribution >= 4 is 23.4 Å². The Kier molecular flexibility index (Phi) is 5.73. The number of hydrogen-bond donors (Lipinski definition) is 4. The number of nitrogens with zero attached hydrogens (tertiary/aromatic N) is 2. The number of urea groups is 1. The summed E-state index contributed by atoms with van der Waals surface area (Å²) in [5, 5.41) is 16.6. The molecule has 0 bridgehead atoms. The maximum Gasteiger partial charge on any atom is 0.324 e. The van der Waals surface area contributed by atoms with Crippen LogP contribution in [-0.4, -0.2) is 27.8 Å². The van der Waals surface area contributed by atoms with Gasteiger partial charge in [-0.1, -0.05) is 36.4 Å². The highest BCUT2D eigenvalue weighted by Gasteiger charge is 2.27. The standard InChI is InChI=1S/C23H26N6O2/c1-14-9-10-18(11-15(14)2)25-23(31)26-20-13-19(17-7-5-4-6-8-17)28-29(20)22-24-16(3)12-21(30)27-22/h4-11,13,16,22,24H,12H2,1-3H3,(H,27,30)(H2,25,26,31). The summed E-state index contributed by atoms with van der Waals surface area (Å²) in [7, 11) is 0. The van der Waals surface area contributed by atoms with Gasteiger partial charge in [-0.3, -0.25) is 15.4 Å². The van der Waals surface area contributed by atoms with Crippen LogP contribution in [-0.2, 0) is 4.79 Å². The van der Waals surface area contributed by atoms with E-state index in [1.807, 2.05) is 69.3 Å². The van der Waals surface area contributed by atoms with Gasteiger partial charge >= 0.3 is 6.03 Å². The summed E-state index contributed by atoms with van der Waals surface area (Å²) < 4.78 is 1.59. The Balaban J connectivity index is 1.61. The van der Waals surface area contributed by atoms with Crippen molar-refractivity contribution < 1.29 is 9.59 Å². The minimum absolute atomic E-state index is 0.0136. The van der Waals surface area contributed by atoms with E-state index in [0.717, 1.165) is 16.7 Å². The quantitative estimate of drug-likeness (QED) is 0.518. The first-order chi connectivity index (χ1) is 14.9. The summed E-state index contributed by atoms with van der Waals surface area (Å²) in [6.45, 7) is 5.96. The van der Waals surface area contributed by atoms with Gasteiger partial charge in [0, 0.05) is 29.8 Å². The number of amides is 3. The van der Waals surface area contributed by atoms with Gasteiger partial charge in [-0.25, -0.2) is 9.48 Å². The second-order valence-corrected chi connectivity index (χ2v) is 7.85. The fraction of sp³-hybridized carbons (Fsp3) is 0.261. The van der Waals surface area contributed by atoms with Crippen LogP contribution >= 0.6 is 0 Å². The zero-order valence-corrected chi connectivity index (χ0v) is 17.8. The fourth-order valence-electron chi connectivity index (χ4n) is 3.52. The predicted molar refractivity (Wildman–Crippen MR) is 121 cm³/mol. The van der Waals surface area contributed by atoms with Crippen LogP contribution in [0.1, 0.15) is 30.8 Å². The summed E-state index contributed by atoms with van der Waals surface area (Å²) >= 11 is 0. The number of aromatic nitrogens is 2. The molecule has 2 heterocycles. The van der Waals surface area contributed by atoms with Crippen molar-refractivity contribution in [2.75, 3.05) is 10.6 Å². The third-order valence-electron chi connectivity index (χ3n) is 5.29. The van der Waals surface area contributed by atoms with Crippen LogP contribution in [0.25, 0.3) is 11.3 Å². The number of carbonyl (C=O) groups is 2. The molecule has 160 valence electrons. The Labute approximate surface area is 181 Å². The molecule has 31 heavy (non-hydrogen) atoms. The molecular formula is C23H26N6O2. The van der Waals surface area contributed by atoms with Gasteiger partial charge in [0.1, 0.15) is 5.82 Å². The molecule has 3 aromatic rings. The van der Waals surface area contributed by atoms with Gasteiger partial charge in [0.2, 0.25) is 5.91 Å². The molecular weight excluding hydrogens is 392 g/mol. The molecule has 0 spiro atoms. The average molecular weight is 419 g/mol. The molecule has 1 aliphatic rings. The van der Waals surface area contributed by atoms with E-state index in [-0.39, 0.29) is 18.0 Å². The lowest BCUT2D eigenvalue weighted by atomic mass is 10.1. The molecule has 3 amide bonds. The maximum absolute atomic E-state index is 12.7. The second kappa shape index (κ2) is 8.61. The lowest BCUT2D eigenvalue weighted by Gasteiger charge is -2.30. The fourth-order valence-corrected chi connectivity index (χ4v) is 3.52. The third-order valence-corrected chi connectivity index (χ3v) is 5.29. The van der Waals surface area contributed by atoms with E-state index in [1.165, 1.54) is 0 Å². The summed E-state index contributed by atoms with van der Waals surface area (Å²) in [4.78, 5) is 24.8. The largest absolute Gasteiger partial charge is 0.324 e. The molecule has 4 rings (SSSR count). The summed E-state index contributed by atoms with van der Waals surface area (Å²) in [5.74, 6) is 0.394. The number of carbonyl (C=O) groups excluding carboxylic acids is 2. The molecule has 2 atom stereocenters. The van der Waals surface area contributed by atoms with E-state index < -0.39 is 6.29 Å². The lowest BCUT2D eigenvalue weighted by molar-refractivity contribution is -0.125. The smallest absolute Gasteiger partial charge is 0.322 e. The van der Waals surface area contributed by atoms with Crippen molar-refractivity contribution in [1.29, 1.82) is 0 Å². The molecule has 8 heteroatoms. The van der Waals surface area contributed by atoms with Gasteiger partial charge in [0.15, 0.2) is 6.29 Å². The van der Waals surface area contributed by atoms with Crippen LogP contribution in [0.4, 0.5) is 16.3 Å². The highest BCUT2D eigenvalue weighted by atomic mass is 16.2. The molecule has 0 radical (unpaired) electrons. The van der Waals surface area contributed by atoms with Crippen LogP contribution < -0.4 is 21.3 Å². The number of aryl methyl sites for hydroxylation is 2. The second-order valence-electron chi connectivity index (χ2n) is 7.85. The van der Waals surface area contributed by atoms with E-state index >= 15 is 0 Å². The van der Waals surface area contributed by atoms with Crippen molar-refractivity contribution in [2.24, 2.45) is 0 Å². The summed E-state index contributed by atoms with van der Waals surface area (Å²) in [5.41, 5.74) is 4.56. The molecule has 1 aromatic heterocycles. The number of benzene rings is 2. The van der Waals surface area contributed by atoms with E-state index in [2.05, 4.69) is 26.4 Å². The molecule has 1 fully saturated rings. The van der Waals surface area contributed by atoms with Crippen molar-refractivity contribution in [3.8, 4) is 11.3 Å². The number of nitrogens with one attached hydrogen (secondary N) is 4. The molecule has 4 N–H and O–H groups in total. The zero-order valence-electron chi connectivity index (χ0n) is 17.8. The minimum Gasteiger partial charge on any atom is -0.322 e. The van der Waals surface area contributed by atoms with Crippen LogP contribution in [0, 0.1) is 13.8 Å². The van der Waals surface area contributed by atoms with Gasteiger partial charge in [-0.15, -0.1) is 0 Å². The van der Waals surface area contributed by atoms with Crippen LogP contribution in [0.3, 0.4) is 0 Å². The van der Waals surface area contributed by atoms with Crippen molar-refractivity contribution in [3.63, 3.8) is 0 Å². The minimum atomic E-state index is -0.564. The number of hydrogen-bond acceptors (Lipinski definition) is 4. The zero-order chi connectivity index (χ0) is 22.0. The molecule has 0 aliphatic carbocycles. The molecule has 1 saturated heterocycles. The highest BCUT2D eigenvalue weighted by Crippen LogP contribution is 2.25. The van der Waals surface area contributed by atoms with Gasteiger partial charge in [-0.05, 0) is 44.0 Å².